The summed E-state index contributed by atoms with van der Waals surface area (Å²) in [5.41, 5.74) is 1.96. The Labute approximate surface area is 142 Å². The molecule has 1 aliphatic heterocycles. The maximum Gasteiger partial charge on any atom is 0.225 e. The zero-order valence-corrected chi connectivity index (χ0v) is 14.1. The molecular weight excluding hydrogens is 304 g/mol. The molecule has 3 rings (SSSR count). The minimum absolute atomic E-state index is 0.0676. The second kappa shape index (κ2) is 8.03. The standard InChI is InChI=1S/C17H24N6O/c1-21-8-10-22(11-9-21)7-6-17(24)20-16-4-2-15(3-5-16)12-23-14-18-13-19-23/h2-5,13-14H,6-12H2,1H3,(H,20,24). The van der Waals surface area contributed by atoms with Crippen molar-refractivity contribution in [1.82, 2.24) is 24.6 Å². The third kappa shape index (κ3) is 4.87. The van der Waals surface area contributed by atoms with Crippen molar-refractivity contribution in [3.8, 4) is 0 Å². The Morgan fingerprint density at radius 1 is 1.17 bits per heavy atom. The van der Waals surface area contributed by atoms with Crippen LogP contribution in [0.15, 0.2) is 36.9 Å². The maximum absolute atomic E-state index is 12.1. The lowest BCUT2D eigenvalue weighted by molar-refractivity contribution is -0.116. The zero-order chi connectivity index (χ0) is 16.8. The first-order valence-electron chi connectivity index (χ1n) is 8.31. The van der Waals surface area contributed by atoms with E-state index in [4.69, 9.17) is 0 Å². The fourth-order valence-corrected chi connectivity index (χ4v) is 2.75. The van der Waals surface area contributed by atoms with E-state index in [2.05, 4.69) is 32.2 Å². The van der Waals surface area contributed by atoms with Crippen molar-refractivity contribution in [3.05, 3.63) is 42.5 Å². The monoisotopic (exact) mass is 328 g/mol. The molecule has 0 spiro atoms. The molecule has 1 saturated heterocycles. The largest absolute Gasteiger partial charge is 0.326 e. The molecule has 7 heteroatoms. The van der Waals surface area contributed by atoms with E-state index in [1.54, 1.807) is 11.0 Å². The Hall–Kier alpha value is -2.25. The Bertz CT molecular complexity index is 632. The summed E-state index contributed by atoms with van der Waals surface area (Å²) in [6, 6.07) is 7.86. The van der Waals surface area contributed by atoms with Crippen LogP contribution in [0.25, 0.3) is 0 Å². The molecule has 1 aromatic carbocycles. The Balaban J connectivity index is 1.42. The number of aromatic nitrogens is 3. The summed E-state index contributed by atoms with van der Waals surface area (Å²) in [5.74, 6) is 0.0676. The number of nitrogens with one attached hydrogen (secondary N) is 1. The van der Waals surface area contributed by atoms with Gasteiger partial charge in [-0.3, -0.25) is 4.79 Å². The molecular formula is C17H24N6O. The van der Waals surface area contributed by atoms with Crippen LogP contribution in [0.3, 0.4) is 0 Å². The van der Waals surface area contributed by atoms with Gasteiger partial charge < -0.3 is 15.1 Å². The molecule has 1 amide bonds. The van der Waals surface area contributed by atoms with Gasteiger partial charge in [0, 0.05) is 44.8 Å². The van der Waals surface area contributed by atoms with Crippen molar-refractivity contribution in [1.29, 1.82) is 0 Å². The Kier molecular flexibility index (Phi) is 5.55. The SMILES string of the molecule is CN1CCN(CCC(=O)Nc2ccc(Cn3cncn3)cc2)CC1. The highest BCUT2D eigenvalue weighted by Gasteiger charge is 2.14. The van der Waals surface area contributed by atoms with E-state index in [9.17, 15) is 4.79 Å². The summed E-state index contributed by atoms with van der Waals surface area (Å²) < 4.78 is 1.77. The third-order valence-corrected chi connectivity index (χ3v) is 4.30. The summed E-state index contributed by atoms with van der Waals surface area (Å²) in [4.78, 5) is 20.7. The smallest absolute Gasteiger partial charge is 0.225 e. The highest BCUT2D eigenvalue weighted by atomic mass is 16.1. The average Bonchev–Trinajstić information content (AvgIpc) is 3.09. The van der Waals surface area contributed by atoms with Gasteiger partial charge in [-0.25, -0.2) is 9.67 Å². The van der Waals surface area contributed by atoms with Crippen molar-refractivity contribution >= 4 is 11.6 Å². The van der Waals surface area contributed by atoms with Gasteiger partial charge in [-0.1, -0.05) is 12.1 Å². The van der Waals surface area contributed by atoms with Crippen molar-refractivity contribution in [3.63, 3.8) is 0 Å². The van der Waals surface area contributed by atoms with Crippen molar-refractivity contribution < 1.29 is 4.79 Å². The van der Waals surface area contributed by atoms with E-state index in [1.165, 1.54) is 6.33 Å². The molecule has 2 heterocycles. The number of piperazine rings is 1. The number of carbonyl (C=O) groups excluding carboxylic acids is 1. The van der Waals surface area contributed by atoms with E-state index < -0.39 is 0 Å². The van der Waals surface area contributed by atoms with Gasteiger partial charge in [0.05, 0.1) is 6.54 Å². The maximum atomic E-state index is 12.1. The van der Waals surface area contributed by atoms with E-state index in [1.807, 2.05) is 24.3 Å². The average molecular weight is 328 g/mol. The lowest BCUT2D eigenvalue weighted by atomic mass is 10.2. The van der Waals surface area contributed by atoms with Crippen molar-refractivity contribution in [2.75, 3.05) is 45.1 Å². The highest BCUT2D eigenvalue weighted by Crippen LogP contribution is 2.11. The van der Waals surface area contributed by atoms with Crippen LogP contribution in [0.4, 0.5) is 5.69 Å². The van der Waals surface area contributed by atoms with Crippen LogP contribution in [0.1, 0.15) is 12.0 Å². The third-order valence-electron chi connectivity index (χ3n) is 4.30. The molecule has 1 aliphatic rings. The van der Waals surface area contributed by atoms with Crippen molar-refractivity contribution in [2.45, 2.75) is 13.0 Å². The minimum Gasteiger partial charge on any atom is -0.326 e. The molecule has 1 aromatic heterocycles. The van der Waals surface area contributed by atoms with Crippen LogP contribution in [0, 0.1) is 0 Å². The summed E-state index contributed by atoms with van der Waals surface area (Å²) in [5, 5.41) is 7.05. The lowest BCUT2D eigenvalue weighted by Crippen LogP contribution is -2.45. The number of hydrogen-bond acceptors (Lipinski definition) is 5. The number of hydrogen-bond donors (Lipinski definition) is 1. The first kappa shape index (κ1) is 16.6. The second-order valence-electron chi connectivity index (χ2n) is 6.23. The molecule has 1 fully saturated rings. The van der Waals surface area contributed by atoms with Crippen LogP contribution in [-0.2, 0) is 11.3 Å². The van der Waals surface area contributed by atoms with Crippen LogP contribution < -0.4 is 5.32 Å². The van der Waals surface area contributed by atoms with Crippen LogP contribution >= 0.6 is 0 Å². The number of nitrogens with zero attached hydrogens (tertiary/aromatic N) is 5. The fourth-order valence-electron chi connectivity index (χ4n) is 2.75. The highest BCUT2D eigenvalue weighted by molar-refractivity contribution is 5.90. The Morgan fingerprint density at radius 2 is 1.92 bits per heavy atom. The number of benzene rings is 1. The second-order valence-corrected chi connectivity index (χ2v) is 6.23. The van der Waals surface area contributed by atoms with Gasteiger partial charge in [-0.2, -0.15) is 5.10 Å². The molecule has 0 aliphatic carbocycles. The molecule has 7 nitrogen and oxygen atoms in total. The van der Waals surface area contributed by atoms with Crippen LogP contribution in [-0.4, -0.2) is 70.2 Å². The van der Waals surface area contributed by atoms with Crippen LogP contribution in [0.2, 0.25) is 0 Å². The van der Waals surface area contributed by atoms with Crippen molar-refractivity contribution in [2.24, 2.45) is 0 Å². The lowest BCUT2D eigenvalue weighted by Gasteiger charge is -2.32. The molecule has 0 radical (unpaired) electrons. The number of anilines is 1. The first-order valence-corrected chi connectivity index (χ1v) is 8.31. The minimum atomic E-state index is 0.0676. The van der Waals surface area contributed by atoms with E-state index >= 15 is 0 Å². The number of rotatable bonds is 6. The topological polar surface area (TPSA) is 66.3 Å². The van der Waals surface area contributed by atoms with Gasteiger partial charge in [0.15, 0.2) is 0 Å². The van der Waals surface area contributed by atoms with E-state index in [0.29, 0.717) is 13.0 Å². The molecule has 128 valence electrons. The van der Waals surface area contributed by atoms with Gasteiger partial charge in [0.2, 0.25) is 5.91 Å². The summed E-state index contributed by atoms with van der Waals surface area (Å²) in [7, 11) is 2.14. The van der Waals surface area contributed by atoms with Gasteiger partial charge in [0.25, 0.3) is 0 Å². The summed E-state index contributed by atoms with van der Waals surface area (Å²) in [6.07, 6.45) is 3.74. The molecule has 0 atom stereocenters. The van der Waals surface area contributed by atoms with Crippen LogP contribution in [0.5, 0.6) is 0 Å². The molecule has 1 N–H and O–H groups in total. The van der Waals surface area contributed by atoms with Gasteiger partial charge in [-0.05, 0) is 24.7 Å². The molecule has 0 unspecified atom stereocenters. The first-order chi connectivity index (χ1) is 11.7. The normalized spacial score (nSPS) is 16.2. The predicted molar refractivity (Wildman–Crippen MR) is 92.7 cm³/mol. The fraction of sp³-hybridized carbons (Fsp3) is 0.471. The van der Waals surface area contributed by atoms with E-state index in [-0.39, 0.29) is 5.91 Å². The quantitative estimate of drug-likeness (QED) is 0.853. The van der Waals surface area contributed by atoms with E-state index in [0.717, 1.165) is 44.0 Å². The number of likely N-dealkylation sites (N-methyl/N-ethyl adjacent to an activating group) is 1. The molecule has 0 saturated carbocycles. The molecule has 0 bridgehead atoms. The number of carbonyl (C=O) groups is 1. The summed E-state index contributed by atoms with van der Waals surface area (Å²) >= 11 is 0. The van der Waals surface area contributed by atoms with Gasteiger partial charge >= 0.3 is 0 Å². The van der Waals surface area contributed by atoms with Gasteiger partial charge in [-0.15, -0.1) is 0 Å². The molecule has 2 aromatic rings. The number of amides is 1. The zero-order valence-electron chi connectivity index (χ0n) is 14.1. The molecule has 24 heavy (non-hydrogen) atoms. The summed E-state index contributed by atoms with van der Waals surface area (Å²) in [6.45, 7) is 5.74. The predicted octanol–water partition coefficient (Wildman–Crippen LogP) is 0.902. The Morgan fingerprint density at radius 3 is 2.58 bits per heavy atom. The van der Waals surface area contributed by atoms with Gasteiger partial charge in [0.1, 0.15) is 12.7 Å².